The van der Waals surface area contributed by atoms with Gasteiger partial charge in [-0.15, -0.1) is 0 Å². The van der Waals surface area contributed by atoms with Crippen LogP contribution in [-0.2, 0) is 6.42 Å². The van der Waals surface area contributed by atoms with E-state index in [9.17, 15) is 9.90 Å². The number of rotatable bonds is 3. The molecule has 0 saturated carbocycles. The van der Waals surface area contributed by atoms with Gasteiger partial charge < -0.3 is 14.3 Å². The number of hydrogen-bond donors (Lipinski definition) is 0. The van der Waals surface area contributed by atoms with Gasteiger partial charge in [0.25, 0.3) is 0 Å². The maximum Gasteiger partial charge on any atom is 1.00 e. The summed E-state index contributed by atoms with van der Waals surface area (Å²) >= 11 is 0. The largest absolute Gasteiger partial charge is 1.00 e. The molecule has 0 spiro atoms. The van der Waals surface area contributed by atoms with Crippen LogP contribution in [0.4, 0.5) is 0 Å². The molecule has 0 aliphatic carbocycles. The molecule has 4 nitrogen and oxygen atoms in total. The predicted molar refractivity (Wildman–Crippen MR) is 72.3 cm³/mol. The smallest absolute Gasteiger partial charge is 0.542 e. The summed E-state index contributed by atoms with van der Waals surface area (Å²) in [4.78, 5) is 15.0. The summed E-state index contributed by atoms with van der Waals surface area (Å²) in [5.74, 6) is -1.38. The van der Waals surface area contributed by atoms with Crippen molar-refractivity contribution >= 4 is 16.9 Å². The summed E-state index contributed by atoms with van der Waals surface area (Å²) in [6.45, 7) is 1.73. The van der Waals surface area contributed by atoms with Crippen molar-refractivity contribution in [1.82, 2.24) is 4.98 Å². The third-order valence-corrected chi connectivity index (χ3v) is 3.32. The van der Waals surface area contributed by atoms with Gasteiger partial charge in [0, 0.05) is 23.3 Å². The number of fused-ring (bicyclic) bond motifs is 1. The summed E-state index contributed by atoms with van der Waals surface area (Å²) in [5.41, 5.74) is 3.36. The van der Waals surface area contributed by atoms with Crippen molar-refractivity contribution in [3.05, 3.63) is 65.2 Å². The Balaban J connectivity index is 0.00000161. The van der Waals surface area contributed by atoms with Crippen LogP contribution in [0.25, 0.3) is 11.0 Å². The number of pyridine rings is 1. The number of benzene rings is 1. The Morgan fingerprint density at radius 1 is 1.29 bits per heavy atom. The second kappa shape index (κ2) is 6.43. The number of nitrogens with zero attached hydrogens (tertiary/aromatic N) is 1. The zero-order valence-electron chi connectivity index (χ0n) is 11.9. The van der Waals surface area contributed by atoms with E-state index in [-0.39, 0.29) is 35.3 Å². The molecule has 0 saturated heterocycles. The van der Waals surface area contributed by atoms with Crippen molar-refractivity contribution in [3.63, 3.8) is 0 Å². The van der Waals surface area contributed by atoms with Crippen molar-refractivity contribution < 1.29 is 43.9 Å². The summed E-state index contributed by atoms with van der Waals surface area (Å²) in [6, 6.07) is 9.57. The van der Waals surface area contributed by atoms with Crippen LogP contribution < -0.4 is 34.7 Å². The van der Waals surface area contributed by atoms with Gasteiger partial charge in [-0.2, -0.15) is 0 Å². The second-order valence-electron chi connectivity index (χ2n) is 4.71. The second-order valence-corrected chi connectivity index (χ2v) is 4.71. The quantitative estimate of drug-likeness (QED) is 0.586. The van der Waals surface area contributed by atoms with Crippen molar-refractivity contribution in [2.75, 3.05) is 0 Å². The van der Waals surface area contributed by atoms with Crippen LogP contribution in [0.5, 0.6) is 0 Å². The molecule has 2 heterocycles. The molecular formula is C16H12NNaO3. The number of carbonyl (C=O) groups excluding carboxylic acids is 1. The Labute approximate surface area is 144 Å². The molecular weight excluding hydrogens is 277 g/mol. The first kappa shape index (κ1) is 15.8. The SMILES string of the molecule is Cc1c(C(=O)[O-])oc2ccc(Cc3cccnc3)cc12.[Na+]. The number of hydrogen-bond acceptors (Lipinski definition) is 4. The van der Waals surface area contributed by atoms with E-state index in [1.165, 1.54) is 0 Å². The van der Waals surface area contributed by atoms with E-state index in [0.29, 0.717) is 11.1 Å². The molecule has 3 rings (SSSR count). The third-order valence-electron chi connectivity index (χ3n) is 3.32. The van der Waals surface area contributed by atoms with Gasteiger partial charge in [0.1, 0.15) is 11.6 Å². The number of aryl methyl sites for hydroxylation is 1. The molecule has 2 aromatic heterocycles. The average Bonchev–Trinajstić information content (AvgIpc) is 2.77. The fourth-order valence-corrected chi connectivity index (χ4v) is 2.31. The molecule has 0 aliphatic rings. The van der Waals surface area contributed by atoms with E-state index in [0.717, 1.165) is 22.9 Å². The monoisotopic (exact) mass is 289 g/mol. The third kappa shape index (κ3) is 3.18. The Morgan fingerprint density at radius 2 is 2.10 bits per heavy atom. The number of carbonyl (C=O) groups is 1. The molecule has 1 aromatic carbocycles. The molecule has 0 N–H and O–H groups in total. The molecule has 0 bridgehead atoms. The molecule has 0 unspecified atom stereocenters. The van der Waals surface area contributed by atoms with Crippen molar-refractivity contribution in [2.24, 2.45) is 0 Å². The van der Waals surface area contributed by atoms with E-state index >= 15 is 0 Å². The topological polar surface area (TPSA) is 66.2 Å². The van der Waals surface area contributed by atoms with Gasteiger partial charge in [-0.1, -0.05) is 12.1 Å². The van der Waals surface area contributed by atoms with E-state index < -0.39 is 5.97 Å². The maximum absolute atomic E-state index is 11.0. The first-order chi connectivity index (χ1) is 9.65. The Hall–Kier alpha value is -1.62. The van der Waals surface area contributed by atoms with Gasteiger partial charge in [0.15, 0.2) is 5.76 Å². The minimum absolute atomic E-state index is 0. The average molecular weight is 289 g/mol. The van der Waals surface area contributed by atoms with Crippen LogP contribution in [0.2, 0.25) is 0 Å². The first-order valence-electron chi connectivity index (χ1n) is 6.27. The number of aromatic carboxylic acids is 1. The zero-order valence-corrected chi connectivity index (χ0v) is 13.9. The molecule has 3 aromatic rings. The molecule has 0 amide bonds. The van der Waals surface area contributed by atoms with Gasteiger partial charge >= 0.3 is 29.6 Å². The van der Waals surface area contributed by atoms with Gasteiger partial charge in [-0.05, 0) is 42.7 Å². The van der Waals surface area contributed by atoms with Crippen molar-refractivity contribution in [1.29, 1.82) is 0 Å². The van der Waals surface area contributed by atoms with Gasteiger partial charge in [-0.3, -0.25) is 4.98 Å². The molecule has 21 heavy (non-hydrogen) atoms. The number of furan rings is 1. The van der Waals surface area contributed by atoms with Crippen LogP contribution >= 0.6 is 0 Å². The minimum Gasteiger partial charge on any atom is -0.542 e. The standard InChI is InChI=1S/C16H13NO3.Na/c1-10-13-8-11(7-12-3-2-6-17-9-12)4-5-14(13)20-15(10)16(18)19;/h2-6,8-9H,7H2,1H3,(H,18,19);/q;+1/p-1. The van der Waals surface area contributed by atoms with Gasteiger partial charge in [0.05, 0.1) is 0 Å². The summed E-state index contributed by atoms with van der Waals surface area (Å²) in [6.07, 6.45) is 4.30. The number of aromatic nitrogens is 1. The molecule has 0 atom stereocenters. The molecule has 0 aliphatic heterocycles. The van der Waals surface area contributed by atoms with E-state index in [4.69, 9.17) is 4.42 Å². The van der Waals surface area contributed by atoms with E-state index in [1.807, 2.05) is 30.5 Å². The van der Waals surface area contributed by atoms with Crippen molar-refractivity contribution in [2.45, 2.75) is 13.3 Å². The molecule has 5 heteroatoms. The van der Waals surface area contributed by atoms with Crippen molar-refractivity contribution in [3.8, 4) is 0 Å². The molecule has 100 valence electrons. The summed E-state index contributed by atoms with van der Waals surface area (Å²) in [7, 11) is 0. The fourth-order valence-electron chi connectivity index (χ4n) is 2.31. The Morgan fingerprint density at radius 3 is 2.76 bits per heavy atom. The summed E-state index contributed by atoms with van der Waals surface area (Å²) in [5, 5.41) is 11.8. The van der Waals surface area contributed by atoms with Gasteiger partial charge in [0.2, 0.25) is 0 Å². The predicted octanol–water partition coefficient (Wildman–Crippen LogP) is -0.905. The first-order valence-corrected chi connectivity index (χ1v) is 6.27. The normalized spacial score (nSPS) is 10.3. The Kier molecular flexibility index (Phi) is 4.83. The van der Waals surface area contributed by atoms with Crippen LogP contribution in [0.3, 0.4) is 0 Å². The van der Waals surface area contributed by atoms with Gasteiger partial charge in [-0.25, -0.2) is 0 Å². The van der Waals surface area contributed by atoms with Crippen LogP contribution in [-0.4, -0.2) is 11.0 Å². The summed E-state index contributed by atoms with van der Waals surface area (Å²) < 4.78 is 5.29. The van der Waals surface area contributed by atoms with E-state index in [1.54, 1.807) is 19.2 Å². The van der Waals surface area contributed by atoms with E-state index in [2.05, 4.69) is 4.98 Å². The number of carboxylic acid groups (broad SMARTS) is 1. The zero-order chi connectivity index (χ0) is 14.1. The molecule has 0 radical (unpaired) electrons. The minimum atomic E-state index is -1.28. The fraction of sp³-hybridized carbons (Fsp3) is 0.125. The van der Waals surface area contributed by atoms with Crippen LogP contribution in [0.1, 0.15) is 27.2 Å². The molecule has 0 fully saturated rings. The number of carboxylic acids is 1. The van der Waals surface area contributed by atoms with Crippen LogP contribution in [0.15, 0.2) is 47.1 Å². The van der Waals surface area contributed by atoms with Crippen LogP contribution in [0, 0.1) is 6.92 Å². The Bertz CT molecular complexity index is 781. The maximum atomic E-state index is 11.0.